The summed E-state index contributed by atoms with van der Waals surface area (Å²) in [6.07, 6.45) is 2.84. The Morgan fingerprint density at radius 1 is 1.38 bits per heavy atom. The summed E-state index contributed by atoms with van der Waals surface area (Å²) in [5, 5.41) is 8.78. The van der Waals surface area contributed by atoms with Crippen LogP contribution in [-0.2, 0) is 14.8 Å². The second kappa shape index (κ2) is 7.54. The molecule has 1 N–H and O–H groups in total. The first-order chi connectivity index (χ1) is 12.4. The van der Waals surface area contributed by atoms with E-state index in [9.17, 15) is 13.2 Å². The fraction of sp³-hybridized carbons (Fsp3) is 0.133. The molecule has 2 aromatic heterocycles. The predicted octanol–water partition coefficient (Wildman–Crippen LogP) is 2.24. The lowest BCUT2D eigenvalue weighted by atomic mass is 10.2. The van der Waals surface area contributed by atoms with Crippen LogP contribution in [0.15, 0.2) is 52.6 Å². The Balaban J connectivity index is 1.78. The van der Waals surface area contributed by atoms with E-state index in [1.165, 1.54) is 30.5 Å². The SMILES string of the molecule is CN(CC(=O)Nc1cc(Cl)ccc1-n1cncn1)S(=O)(=O)c1cccs1. The van der Waals surface area contributed by atoms with Gasteiger partial charge in [0.2, 0.25) is 5.91 Å². The van der Waals surface area contributed by atoms with Gasteiger partial charge in [-0.2, -0.15) is 9.40 Å². The molecule has 0 unspecified atom stereocenters. The first kappa shape index (κ1) is 18.5. The Labute approximate surface area is 159 Å². The van der Waals surface area contributed by atoms with E-state index in [0.717, 1.165) is 15.6 Å². The van der Waals surface area contributed by atoms with Crippen molar-refractivity contribution in [3.05, 3.63) is 53.4 Å². The van der Waals surface area contributed by atoms with Crippen molar-refractivity contribution < 1.29 is 13.2 Å². The summed E-state index contributed by atoms with van der Waals surface area (Å²) in [7, 11) is -2.35. The molecule has 3 aromatic rings. The van der Waals surface area contributed by atoms with Crippen molar-refractivity contribution in [2.75, 3.05) is 18.9 Å². The van der Waals surface area contributed by atoms with Crippen LogP contribution in [0.25, 0.3) is 5.69 Å². The molecule has 8 nitrogen and oxygen atoms in total. The highest BCUT2D eigenvalue weighted by atomic mass is 35.5. The minimum atomic E-state index is -3.71. The number of aromatic nitrogens is 3. The van der Waals surface area contributed by atoms with Crippen LogP contribution in [0.5, 0.6) is 0 Å². The van der Waals surface area contributed by atoms with Crippen LogP contribution in [0.2, 0.25) is 5.02 Å². The molecule has 0 aliphatic carbocycles. The molecule has 1 amide bonds. The third-order valence-electron chi connectivity index (χ3n) is 3.42. The number of thiophene rings is 1. The van der Waals surface area contributed by atoms with Crippen molar-refractivity contribution in [3.8, 4) is 5.69 Å². The average Bonchev–Trinajstić information content (AvgIpc) is 3.29. The molecule has 1 aromatic carbocycles. The van der Waals surface area contributed by atoms with E-state index in [2.05, 4.69) is 15.4 Å². The first-order valence-electron chi connectivity index (χ1n) is 7.32. The zero-order chi connectivity index (χ0) is 18.7. The number of carbonyl (C=O) groups excluding carboxylic acids is 1. The van der Waals surface area contributed by atoms with Gasteiger partial charge in [-0.25, -0.2) is 18.1 Å². The highest BCUT2D eigenvalue weighted by Crippen LogP contribution is 2.24. The van der Waals surface area contributed by atoms with E-state index in [4.69, 9.17) is 11.6 Å². The maximum absolute atomic E-state index is 12.4. The number of nitrogens with zero attached hydrogens (tertiary/aromatic N) is 4. The lowest BCUT2D eigenvalue weighted by Crippen LogP contribution is -2.34. The number of hydrogen-bond donors (Lipinski definition) is 1. The molecule has 0 saturated heterocycles. The van der Waals surface area contributed by atoms with Crippen LogP contribution in [-0.4, -0.2) is 47.0 Å². The number of likely N-dealkylation sites (N-methyl/N-ethyl adjacent to an activating group) is 1. The summed E-state index contributed by atoms with van der Waals surface area (Å²) in [4.78, 5) is 16.2. The number of sulfonamides is 1. The first-order valence-corrected chi connectivity index (χ1v) is 10.0. The number of halogens is 1. The summed E-state index contributed by atoms with van der Waals surface area (Å²) in [6.45, 7) is -0.344. The standard InChI is InChI=1S/C15H14ClN5O3S2/c1-20(26(23,24)15-3-2-6-25-15)8-14(22)19-12-7-11(16)4-5-13(12)21-10-17-9-18-21/h2-7,9-10H,8H2,1H3,(H,19,22). The van der Waals surface area contributed by atoms with E-state index in [1.54, 1.807) is 29.6 Å². The number of carbonyl (C=O) groups is 1. The third-order valence-corrected chi connectivity index (χ3v) is 6.84. The Morgan fingerprint density at radius 3 is 2.85 bits per heavy atom. The van der Waals surface area contributed by atoms with Gasteiger partial charge in [-0.15, -0.1) is 11.3 Å². The van der Waals surface area contributed by atoms with Crippen LogP contribution in [0.1, 0.15) is 0 Å². The van der Waals surface area contributed by atoms with Gasteiger partial charge >= 0.3 is 0 Å². The summed E-state index contributed by atoms with van der Waals surface area (Å²) in [6, 6.07) is 8.03. The fourth-order valence-corrected chi connectivity index (χ4v) is 4.68. The van der Waals surface area contributed by atoms with Gasteiger partial charge in [-0.1, -0.05) is 17.7 Å². The van der Waals surface area contributed by atoms with Crippen molar-refractivity contribution in [1.82, 2.24) is 19.1 Å². The van der Waals surface area contributed by atoms with Crippen molar-refractivity contribution in [3.63, 3.8) is 0 Å². The van der Waals surface area contributed by atoms with E-state index < -0.39 is 15.9 Å². The molecule has 2 heterocycles. The molecule has 0 saturated carbocycles. The van der Waals surface area contributed by atoms with Gasteiger partial charge in [0.1, 0.15) is 16.9 Å². The summed E-state index contributed by atoms with van der Waals surface area (Å²) < 4.78 is 27.4. The number of anilines is 1. The number of benzene rings is 1. The van der Waals surface area contributed by atoms with Gasteiger partial charge < -0.3 is 5.32 Å². The fourth-order valence-electron chi connectivity index (χ4n) is 2.18. The second-order valence-electron chi connectivity index (χ2n) is 5.24. The highest BCUT2D eigenvalue weighted by Gasteiger charge is 2.24. The van der Waals surface area contributed by atoms with Gasteiger partial charge in [-0.3, -0.25) is 4.79 Å². The van der Waals surface area contributed by atoms with Crippen LogP contribution in [0.3, 0.4) is 0 Å². The Kier molecular flexibility index (Phi) is 5.37. The smallest absolute Gasteiger partial charge is 0.252 e. The molecule has 136 valence electrons. The second-order valence-corrected chi connectivity index (χ2v) is 8.90. The van der Waals surface area contributed by atoms with E-state index >= 15 is 0 Å². The van der Waals surface area contributed by atoms with E-state index in [-0.39, 0.29) is 10.8 Å². The van der Waals surface area contributed by atoms with Crippen LogP contribution in [0, 0.1) is 0 Å². The van der Waals surface area contributed by atoms with Crippen LogP contribution in [0.4, 0.5) is 5.69 Å². The molecule has 0 aliphatic heterocycles. The minimum Gasteiger partial charge on any atom is -0.323 e. The number of amides is 1. The third kappa shape index (κ3) is 3.93. The van der Waals surface area contributed by atoms with Crippen LogP contribution < -0.4 is 5.32 Å². The Hall–Kier alpha value is -2.27. The Bertz CT molecular complexity index is 1000. The van der Waals surface area contributed by atoms with Gasteiger partial charge in [-0.05, 0) is 29.6 Å². The summed E-state index contributed by atoms with van der Waals surface area (Å²) in [5.74, 6) is -0.503. The zero-order valence-electron chi connectivity index (χ0n) is 13.5. The summed E-state index contributed by atoms with van der Waals surface area (Å²) in [5.41, 5.74) is 0.957. The minimum absolute atomic E-state index is 0.180. The molecule has 3 rings (SSSR count). The number of hydrogen-bond acceptors (Lipinski definition) is 6. The van der Waals surface area contributed by atoms with Gasteiger partial charge in [0.25, 0.3) is 10.0 Å². The number of rotatable bonds is 6. The maximum Gasteiger partial charge on any atom is 0.252 e. The normalized spacial score (nSPS) is 11.7. The van der Waals surface area contributed by atoms with Gasteiger partial charge in [0.05, 0.1) is 17.9 Å². The topological polar surface area (TPSA) is 97.2 Å². The Morgan fingerprint density at radius 2 is 2.19 bits per heavy atom. The maximum atomic E-state index is 12.4. The lowest BCUT2D eigenvalue weighted by molar-refractivity contribution is -0.116. The number of nitrogens with one attached hydrogen (secondary N) is 1. The monoisotopic (exact) mass is 411 g/mol. The zero-order valence-corrected chi connectivity index (χ0v) is 15.9. The van der Waals surface area contributed by atoms with Crippen molar-refractivity contribution in [2.24, 2.45) is 0 Å². The van der Waals surface area contributed by atoms with E-state index in [1.807, 2.05) is 0 Å². The summed E-state index contributed by atoms with van der Waals surface area (Å²) >= 11 is 7.10. The molecule has 0 aliphatic rings. The molecule has 26 heavy (non-hydrogen) atoms. The lowest BCUT2D eigenvalue weighted by Gasteiger charge is -2.17. The molecule has 0 radical (unpaired) electrons. The molecule has 0 fully saturated rings. The van der Waals surface area contributed by atoms with Crippen molar-refractivity contribution in [1.29, 1.82) is 0 Å². The molecule has 0 spiro atoms. The molecule has 0 atom stereocenters. The molecule has 0 bridgehead atoms. The van der Waals surface area contributed by atoms with Crippen molar-refractivity contribution in [2.45, 2.75) is 4.21 Å². The largest absolute Gasteiger partial charge is 0.323 e. The van der Waals surface area contributed by atoms with Gasteiger partial charge in [0, 0.05) is 12.1 Å². The molecular weight excluding hydrogens is 398 g/mol. The average molecular weight is 412 g/mol. The van der Waals surface area contributed by atoms with Crippen LogP contribution >= 0.6 is 22.9 Å². The van der Waals surface area contributed by atoms with Crippen molar-refractivity contribution >= 4 is 44.6 Å². The highest BCUT2D eigenvalue weighted by molar-refractivity contribution is 7.91. The quantitative estimate of drug-likeness (QED) is 0.670. The molecule has 11 heteroatoms. The van der Waals surface area contributed by atoms with E-state index in [0.29, 0.717) is 16.4 Å². The predicted molar refractivity (Wildman–Crippen MR) is 99.1 cm³/mol. The van der Waals surface area contributed by atoms with Gasteiger partial charge in [0.15, 0.2) is 0 Å². The molecular formula is C15H14ClN5O3S2.